The summed E-state index contributed by atoms with van der Waals surface area (Å²) in [4.78, 5) is 11.6. The van der Waals surface area contributed by atoms with Gasteiger partial charge in [0.25, 0.3) is 0 Å². The standard InChI is InChI=1S/C14H28N2O3/c1-14(2,3)12-11(6-5-8-19-12)10-16-13(17)15-7-9-18-4/h11-12H,5-10H2,1-4H3,(H2,15,16,17)/t11-,12+/m1/s1. The lowest BCUT2D eigenvalue weighted by Gasteiger charge is -2.40. The van der Waals surface area contributed by atoms with E-state index in [0.717, 1.165) is 19.4 Å². The van der Waals surface area contributed by atoms with E-state index in [1.54, 1.807) is 7.11 Å². The fraction of sp³-hybridized carbons (Fsp3) is 0.929. The largest absolute Gasteiger partial charge is 0.383 e. The van der Waals surface area contributed by atoms with Crippen LogP contribution >= 0.6 is 0 Å². The maximum Gasteiger partial charge on any atom is 0.314 e. The van der Waals surface area contributed by atoms with Crippen LogP contribution in [0.3, 0.4) is 0 Å². The fourth-order valence-corrected chi connectivity index (χ4v) is 2.56. The Balaban J connectivity index is 2.35. The first kappa shape index (κ1) is 16.2. The lowest BCUT2D eigenvalue weighted by atomic mass is 9.78. The number of methoxy groups -OCH3 is 1. The number of nitrogens with one attached hydrogen (secondary N) is 2. The molecule has 1 aliphatic rings. The van der Waals surface area contributed by atoms with Gasteiger partial charge in [-0.3, -0.25) is 0 Å². The molecular formula is C14H28N2O3. The fourth-order valence-electron chi connectivity index (χ4n) is 2.56. The molecule has 1 rings (SSSR count). The van der Waals surface area contributed by atoms with E-state index in [-0.39, 0.29) is 17.6 Å². The molecule has 0 bridgehead atoms. The smallest absolute Gasteiger partial charge is 0.314 e. The highest BCUT2D eigenvalue weighted by Gasteiger charge is 2.35. The zero-order chi connectivity index (χ0) is 14.3. The second-order valence-electron chi connectivity index (χ2n) is 6.19. The van der Waals surface area contributed by atoms with Gasteiger partial charge in [-0.25, -0.2) is 4.79 Å². The first-order valence-corrected chi connectivity index (χ1v) is 7.07. The SMILES string of the molecule is COCCNC(=O)NC[C@H]1CCCO[C@@H]1C(C)(C)C. The van der Waals surface area contributed by atoms with Crippen LogP contribution in [-0.2, 0) is 9.47 Å². The summed E-state index contributed by atoms with van der Waals surface area (Å²) in [5.74, 6) is 0.391. The quantitative estimate of drug-likeness (QED) is 0.750. The molecule has 5 heteroatoms. The highest BCUT2D eigenvalue weighted by Crippen LogP contribution is 2.33. The Morgan fingerprint density at radius 2 is 2.11 bits per heavy atom. The summed E-state index contributed by atoms with van der Waals surface area (Å²) in [6, 6.07) is -0.129. The van der Waals surface area contributed by atoms with Crippen molar-refractivity contribution in [1.29, 1.82) is 0 Å². The molecule has 0 aromatic rings. The molecule has 1 aliphatic heterocycles. The number of urea groups is 1. The van der Waals surface area contributed by atoms with Crippen molar-refractivity contribution in [2.24, 2.45) is 11.3 Å². The van der Waals surface area contributed by atoms with Gasteiger partial charge in [-0.2, -0.15) is 0 Å². The van der Waals surface area contributed by atoms with Gasteiger partial charge in [-0.05, 0) is 18.3 Å². The summed E-state index contributed by atoms with van der Waals surface area (Å²) in [7, 11) is 1.62. The maximum absolute atomic E-state index is 11.6. The van der Waals surface area contributed by atoms with E-state index < -0.39 is 0 Å². The molecule has 2 atom stereocenters. The van der Waals surface area contributed by atoms with Crippen LogP contribution in [0.1, 0.15) is 33.6 Å². The summed E-state index contributed by atoms with van der Waals surface area (Å²) in [6.07, 6.45) is 2.39. The van der Waals surface area contributed by atoms with Crippen molar-refractivity contribution in [3.63, 3.8) is 0 Å². The highest BCUT2D eigenvalue weighted by molar-refractivity contribution is 5.73. The Labute approximate surface area is 116 Å². The highest BCUT2D eigenvalue weighted by atomic mass is 16.5. The summed E-state index contributed by atoms with van der Waals surface area (Å²) < 4.78 is 10.8. The number of hydrogen-bond donors (Lipinski definition) is 2. The topological polar surface area (TPSA) is 59.6 Å². The molecule has 0 spiro atoms. The number of ether oxygens (including phenoxy) is 2. The Morgan fingerprint density at radius 3 is 2.74 bits per heavy atom. The van der Waals surface area contributed by atoms with E-state index in [2.05, 4.69) is 31.4 Å². The van der Waals surface area contributed by atoms with Crippen LogP contribution in [-0.4, -0.2) is 45.5 Å². The average molecular weight is 272 g/mol. The molecule has 1 saturated heterocycles. The number of amides is 2. The summed E-state index contributed by atoms with van der Waals surface area (Å²) in [6.45, 7) is 9.13. The van der Waals surface area contributed by atoms with Crippen LogP contribution < -0.4 is 10.6 Å². The van der Waals surface area contributed by atoms with Gasteiger partial charge in [0.05, 0.1) is 12.7 Å². The van der Waals surface area contributed by atoms with Gasteiger partial charge in [-0.1, -0.05) is 20.8 Å². The minimum Gasteiger partial charge on any atom is -0.383 e. The second-order valence-corrected chi connectivity index (χ2v) is 6.19. The molecule has 112 valence electrons. The van der Waals surface area contributed by atoms with E-state index in [4.69, 9.17) is 9.47 Å². The van der Waals surface area contributed by atoms with Crippen LogP contribution in [0.2, 0.25) is 0 Å². The van der Waals surface area contributed by atoms with Crippen LogP contribution in [0.25, 0.3) is 0 Å². The molecule has 0 unspecified atom stereocenters. The minimum absolute atomic E-state index is 0.110. The molecular weight excluding hydrogens is 244 g/mol. The van der Waals surface area contributed by atoms with E-state index in [0.29, 0.717) is 25.6 Å². The van der Waals surface area contributed by atoms with Crippen molar-refractivity contribution in [2.45, 2.75) is 39.7 Å². The van der Waals surface area contributed by atoms with Crippen molar-refractivity contribution >= 4 is 6.03 Å². The number of carbonyl (C=O) groups is 1. The Kier molecular flexibility index (Phi) is 6.58. The van der Waals surface area contributed by atoms with E-state index >= 15 is 0 Å². The van der Waals surface area contributed by atoms with E-state index in [9.17, 15) is 4.79 Å². The molecule has 0 aromatic carbocycles. The van der Waals surface area contributed by atoms with Crippen molar-refractivity contribution in [2.75, 3.05) is 33.4 Å². The van der Waals surface area contributed by atoms with Crippen molar-refractivity contribution in [3.05, 3.63) is 0 Å². The summed E-state index contributed by atoms with van der Waals surface area (Å²) in [5.41, 5.74) is 0.110. The lowest BCUT2D eigenvalue weighted by molar-refractivity contribution is -0.0837. The van der Waals surface area contributed by atoms with Crippen LogP contribution in [0, 0.1) is 11.3 Å². The predicted molar refractivity (Wildman–Crippen MR) is 75.2 cm³/mol. The first-order valence-electron chi connectivity index (χ1n) is 7.07. The second kappa shape index (κ2) is 7.70. The molecule has 19 heavy (non-hydrogen) atoms. The van der Waals surface area contributed by atoms with Gasteiger partial charge >= 0.3 is 6.03 Å². The molecule has 2 N–H and O–H groups in total. The zero-order valence-corrected chi connectivity index (χ0v) is 12.6. The maximum atomic E-state index is 11.6. The van der Waals surface area contributed by atoms with Gasteiger partial charge in [0.1, 0.15) is 0 Å². The van der Waals surface area contributed by atoms with Gasteiger partial charge in [-0.15, -0.1) is 0 Å². The molecule has 1 fully saturated rings. The van der Waals surface area contributed by atoms with Crippen molar-refractivity contribution in [1.82, 2.24) is 10.6 Å². The van der Waals surface area contributed by atoms with Gasteiger partial charge < -0.3 is 20.1 Å². The van der Waals surface area contributed by atoms with Gasteiger partial charge in [0, 0.05) is 32.7 Å². The molecule has 0 radical (unpaired) electrons. The Hall–Kier alpha value is -0.810. The monoisotopic (exact) mass is 272 g/mol. The number of rotatable bonds is 5. The zero-order valence-electron chi connectivity index (χ0n) is 12.6. The summed E-state index contributed by atoms with van der Waals surface area (Å²) >= 11 is 0. The minimum atomic E-state index is -0.129. The third-order valence-electron chi connectivity index (χ3n) is 3.41. The normalized spacial score (nSPS) is 24.0. The Morgan fingerprint density at radius 1 is 1.37 bits per heavy atom. The van der Waals surface area contributed by atoms with E-state index in [1.165, 1.54) is 0 Å². The number of carbonyl (C=O) groups excluding carboxylic acids is 1. The third-order valence-corrected chi connectivity index (χ3v) is 3.41. The van der Waals surface area contributed by atoms with Crippen LogP contribution in [0.4, 0.5) is 4.79 Å². The lowest BCUT2D eigenvalue weighted by Crippen LogP contribution is -2.47. The number of hydrogen-bond acceptors (Lipinski definition) is 3. The average Bonchev–Trinajstić information content (AvgIpc) is 2.36. The third kappa shape index (κ3) is 5.78. The van der Waals surface area contributed by atoms with Crippen molar-refractivity contribution in [3.8, 4) is 0 Å². The predicted octanol–water partition coefficient (Wildman–Crippen LogP) is 1.77. The molecule has 1 heterocycles. The molecule has 0 aliphatic carbocycles. The van der Waals surface area contributed by atoms with Gasteiger partial charge in [0.15, 0.2) is 0 Å². The molecule has 5 nitrogen and oxygen atoms in total. The summed E-state index contributed by atoms with van der Waals surface area (Å²) in [5, 5.41) is 5.69. The Bertz CT molecular complexity index is 276. The molecule has 0 aromatic heterocycles. The van der Waals surface area contributed by atoms with Crippen LogP contribution in [0.15, 0.2) is 0 Å². The van der Waals surface area contributed by atoms with E-state index in [1.807, 2.05) is 0 Å². The molecule has 0 saturated carbocycles. The first-order chi connectivity index (χ1) is 8.95. The van der Waals surface area contributed by atoms with Crippen LogP contribution in [0.5, 0.6) is 0 Å². The van der Waals surface area contributed by atoms with Gasteiger partial charge in [0.2, 0.25) is 0 Å². The van der Waals surface area contributed by atoms with Crippen molar-refractivity contribution < 1.29 is 14.3 Å². The molecule has 2 amide bonds.